The van der Waals surface area contributed by atoms with Gasteiger partial charge < -0.3 is 29.0 Å². The molecule has 0 atom stereocenters. The summed E-state index contributed by atoms with van der Waals surface area (Å²) >= 11 is 6.25. The average molecular weight is 460 g/mol. The number of carbonyl (C=O) groups is 1. The highest BCUT2D eigenvalue weighted by molar-refractivity contribution is 6.32. The number of halogens is 1. The summed E-state index contributed by atoms with van der Waals surface area (Å²) in [7, 11) is 3.07. The molecule has 32 heavy (non-hydrogen) atoms. The molecular weight excluding hydrogens is 434 g/mol. The minimum absolute atomic E-state index is 0.192. The van der Waals surface area contributed by atoms with E-state index in [1.165, 1.54) is 20.3 Å². The summed E-state index contributed by atoms with van der Waals surface area (Å²) in [6.45, 7) is 2.01. The lowest BCUT2D eigenvalue weighted by atomic mass is 9.74. The van der Waals surface area contributed by atoms with Gasteiger partial charge in [-0.2, -0.15) is 0 Å². The fraction of sp³-hybridized carbons (Fsp3) is 0.375. The van der Waals surface area contributed by atoms with Crippen LogP contribution >= 0.6 is 11.6 Å². The zero-order valence-corrected chi connectivity index (χ0v) is 18.9. The van der Waals surface area contributed by atoms with Crippen LogP contribution in [-0.2, 0) is 14.9 Å². The third kappa shape index (κ3) is 4.64. The van der Waals surface area contributed by atoms with Crippen LogP contribution in [0.4, 0.5) is 0 Å². The van der Waals surface area contributed by atoms with Crippen LogP contribution < -0.4 is 24.3 Å². The SMILES string of the molecule is COc1cc(/C=C/C(=O)NCC2(c3ccc4c(c3)OCO4)CCOCC2)cc(Cl)c1OC. The lowest BCUT2D eigenvalue weighted by Crippen LogP contribution is -2.44. The number of hydrogen-bond donors (Lipinski definition) is 1. The number of amides is 1. The van der Waals surface area contributed by atoms with Gasteiger partial charge in [0.1, 0.15) is 0 Å². The van der Waals surface area contributed by atoms with Crippen LogP contribution in [0.15, 0.2) is 36.4 Å². The number of ether oxygens (including phenoxy) is 5. The Hall–Kier alpha value is -2.90. The average Bonchev–Trinajstić information content (AvgIpc) is 3.29. The Labute approximate surface area is 192 Å². The van der Waals surface area contributed by atoms with Crippen LogP contribution in [0.5, 0.6) is 23.0 Å². The lowest BCUT2D eigenvalue weighted by Gasteiger charge is -2.38. The van der Waals surface area contributed by atoms with Gasteiger partial charge >= 0.3 is 0 Å². The number of hydrogen-bond acceptors (Lipinski definition) is 6. The van der Waals surface area contributed by atoms with E-state index in [-0.39, 0.29) is 18.1 Å². The van der Waals surface area contributed by atoms with Crippen LogP contribution in [0.3, 0.4) is 0 Å². The topological polar surface area (TPSA) is 75.3 Å². The van der Waals surface area contributed by atoms with Gasteiger partial charge in [-0.05, 0) is 54.3 Å². The number of fused-ring (bicyclic) bond motifs is 1. The molecule has 170 valence electrons. The molecule has 8 heteroatoms. The first-order chi connectivity index (χ1) is 15.5. The van der Waals surface area contributed by atoms with Crippen molar-refractivity contribution in [3.63, 3.8) is 0 Å². The molecule has 0 aromatic heterocycles. The molecule has 2 aromatic rings. The van der Waals surface area contributed by atoms with Crippen molar-refractivity contribution in [1.29, 1.82) is 0 Å². The molecule has 7 nitrogen and oxygen atoms in total. The molecule has 1 fully saturated rings. The summed E-state index contributed by atoms with van der Waals surface area (Å²) in [5, 5.41) is 3.47. The lowest BCUT2D eigenvalue weighted by molar-refractivity contribution is -0.116. The zero-order valence-electron chi connectivity index (χ0n) is 18.1. The standard InChI is InChI=1S/C24H26ClNO6/c1-28-21-12-16(11-18(25)23(21)29-2)3-6-22(27)26-14-24(7-9-30-10-8-24)17-4-5-19-20(13-17)32-15-31-19/h3-6,11-13H,7-10,14-15H2,1-2H3,(H,26,27)/b6-3+. The zero-order chi connectivity index (χ0) is 22.6. The Kier molecular flexibility index (Phi) is 6.77. The first kappa shape index (κ1) is 22.3. The van der Waals surface area contributed by atoms with E-state index in [9.17, 15) is 4.79 Å². The van der Waals surface area contributed by atoms with Crippen molar-refractivity contribution < 1.29 is 28.5 Å². The fourth-order valence-corrected chi connectivity index (χ4v) is 4.37. The molecule has 2 aliphatic rings. The molecular formula is C24H26ClNO6. The molecule has 4 rings (SSSR count). The van der Waals surface area contributed by atoms with Crippen molar-refractivity contribution >= 4 is 23.6 Å². The normalized spacial score (nSPS) is 16.7. The summed E-state index contributed by atoms with van der Waals surface area (Å²) in [5.74, 6) is 2.26. The molecule has 1 N–H and O–H groups in total. The van der Waals surface area contributed by atoms with E-state index in [1.54, 1.807) is 18.2 Å². The van der Waals surface area contributed by atoms with Crippen molar-refractivity contribution in [3.8, 4) is 23.0 Å². The minimum atomic E-state index is -0.227. The molecule has 0 spiro atoms. The van der Waals surface area contributed by atoms with Gasteiger partial charge in [0.15, 0.2) is 23.0 Å². The molecule has 0 saturated carbocycles. The first-order valence-corrected chi connectivity index (χ1v) is 10.8. The van der Waals surface area contributed by atoms with E-state index in [2.05, 4.69) is 5.32 Å². The molecule has 0 radical (unpaired) electrons. The Bertz CT molecular complexity index is 1020. The van der Waals surface area contributed by atoms with Gasteiger partial charge in [0.05, 0.1) is 19.2 Å². The van der Waals surface area contributed by atoms with Crippen LogP contribution in [-0.4, -0.2) is 46.7 Å². The van der Waals surface area contributed by atoms with Gasteiger partial charge in [-0.15, -0.1) is 0 Å². The smallest absolute Gasteiger partial charge is 0.244 e. The molecule has 1 amide bonds. The van der Waals surface area contributed by atoms with Gasteiger partial charge in [-0.1, -0.05) is 17.7 Å². The molecule has 0 unspecified atom stereocenters. The van der Waals surface area contributed by atoms with Gasteiger partial charge in [0.2, 0.25) is 12.7 Å². The minimum Gasteiger partial charge on any atom is -0.493 e. The molecule has 0 aliphatic carbocycles. The quantitative estimate of drug-likeness (QED) is 0.631. The van der Waals surface area contributed by atoms with Crippen molar-refractivity contribution in [1.82, 2.24) is 5.32 Å². The number of methoxy groups -OCH3 is 2. The van der Waals surface area contributed by atoms with E-state index in [0.717, 1.165) is 35.5 Å². The molecule has 2 heterocycles. The van der Waals surface area contributed by atoms with Gasteiger partial charge in [0.25, 0.3) is 0 Å². The van der Waals surface area contributed by atoms with E-state index >= 15 is 0 Å². The van der Waals surface area contributed by atoms with Crippen molar-refractivity contribution in [2.24, 2.45) is 0 Å². The van der Waals surface area contributed by atoms with Crippen molar-refractivity contribution in [3.05, 3.63) is 52.6 Å². The molecule has 1 saturated heterocycles. The first-order valence-electron chi connectivity index (χ1n) is 10.4. The summed E-state index contributed by atoms with van der Waals surface area (Å²) in [5.41, 5.74) is 1.62. The fourth-order valence-electron chi connectivity index (χ4n) is 4.08. The Morgan fingerprint density at radius 3 is 2.66 bits per heavy atom. The molecule has 2 aromatic carbocycles. The highest BCUT2D eigenvalue weighted by Gasteiger charge is 2.36. The van der Waals surface area contributed by atoms with Gasteiger partial charge in [-0.3, -0.25) is 4.79 Å². The van der Waals surface area contributed by atoms with Crippen LogP contribution in [0.25, 0.3) is 6.08 Å². The molecule has 0 bridgehead atoms. The Morgan fingerprint density at radius 1 is 1.12 bits per heavy atom. The van der Waals surface area contributed by atoms with Crippen LogP contribution in [0, 0.1) is 0 Å². The third-order valence-electron chi connectivity index (χ3n) is 5.92. The van der Waals surface area contributed by atoms with E-state index in [4.69, 9.17) is 35.3 Å². The second-order valence-corrected chi connectivity index (χ2v) is 8.16. The van der Waals surface area contributed by atoms with E-state index in [0.29, 0.717) is 36.3 Å². The maximum absolute atomic E-state index is 12.6. The van der Waals surface area contributed by atoms with E-state index < -0.39 is 0 Å². The maximum Gasteiger partial charge on any atom is 0.244 e. The van der Waals surface area contributed by atoms with Crippen LogP contribution in [0.2, 0.25) is 5.02 Å². The number of benzene rings is 2. The summed E-state index contributed by atoms with van der Waals surface area (Å²) in [6.07, 6.45) is 4.80. The summed E-state index contributed by atoms with van der Waals surface area (Å²) in [6, 6.07) is 9.48. The number of nitrogens with one attached hydrogen (secondary N) is 1. The monoisotopic (exact) mass is 459 g/mol. The predicted molar refractivity (Wildman–Crippen MR) is 121 cm³/mol. The third-order valence-corrected chi connectivity index (χ3v) is 6.20. The second kappa shape index (κ2) is 9.71. The Balaban J connectivity index is 1.47. The highest BCUT2D eigenvalue weighted by Crippen LogP contribution is 2.40. The van der Waals surface area contributed by atoms with Crippen molar-refractivity contribution in [2.75, 3.05) is 40.8 Å². The van der Waals surface area contributed by atoms with E-state index in [1.807, 2.05) is 18.2 Å². The Morgan fingerprint density at radius 2 is 1.91 bits per heavy atom. The highest BCUT2D eigenvalue weighted by atomic mass is 35.5. The largest absolute Gasteiger partial charge is 0.493 e. The predicted octanol–water partition coefficient (Wildman–Crippen LogP) is 3.96. The summed E-state index contributed by atoms with van der Waals surface area (Å²) in [4.78, 5) is 12.6. The summed E-state index contributed by atoms with van der Waals surface area (Å²) < 4.78 is 27.1. The van der Waals surface area contributed by atoms with Crippen molar-refractivity contribution in [2.45, 2.75) is 18.3 Å². The van der Waals surface area contributed by atoms with Gasteiger partial charge in [0, 0.05) is 31.2 Å². The molecule has 2 aliphatic heterocycles. The maximum atomic E-state index is 12.6. The number of carbonyl (C=O) groups excluding carboxylic acids is 1. The second-order valence-electron chi connectivity index (χ2n) is 7.75. The van der Waals surface area contributed by atoms with Gasteiger partial charge in [-0.25, -0.2) is 0 Å². The number of rotatable bonds is 7. The van der Waals surface area contributed by atoms with Crippen LogP contribution in [0.1, 0.15) is 24.0 Å².